The second kappa shape index (κ2) is 3.66. The molecule has 0 amide bonds. The van der Waals surface area contributed by atoms with Gasteiger partial charge < -0.3 is 4.42 Å². The van der Waals surface area contributed by atoms with Gasteiger partial charge >= 0.3 is 0 Å². The zero-order valence-electron chi connectivity index (χ0n) is 6.26. The highest BCUT2D eigenvalue weighted by atomic mass is 32.2. The first-order valence-electron chi connectivity index (χ1n) is 3.38. The van der Waals surface area contributed by atoms with E-state index in [0.29, 0.717) is 0 Å². The van der Waals surface area contributed by atoms with Crippen molar-refractivity contribution in [2.24, 2.45) is 0 Å². The fraction of sp³-hybridized carbons (Fsp3) is 0.571. The Hall–Kier alpha value is -0.440. The van der Waals surface area contributed by atoms with Crippen molar-refractivity contribution >= 4 is 11.8 Å². The highest BCUT2D eigenvalue weighted by Gasteiger charge is 1.98. The number of aromatic nitrogens is 1. The Balaban J connectivity index is 2.42. The second-order valence-electron chi connectivity index (χ2n) is 2.10. The maximum Gasteiger partial charge on any atom is 0.255 e. The minimum absolute atomic E-state index is 0.791. The van der Waals surface area contributed by atoms with Crippen molar-refractivity contribution < 1.29 is 4.42 Å². The number of oxazole rings is 1. The first kappa shape index (κ1) is 7.66. The summed E-state index contributed by atoms with van der Waals surface area (Å²) in [5.74, 6) is 1.08. The van der Waals surface area contributed by atoms with Gasteiger partial charge in [-0.3, -0.25) is 0 Å². The van der Waals surface area contributed by atoms with E-state index in [1.165, 1.54) is 0 Å². The smallest absolute Gasteiger partial charge is 0.255 e. The minimum Gasteiger partial charge on any atom is -0.440 e. The number of nitrogens with zero attached hydrogens (tertiary/aromatic N) is 1. The van der Waals surface area contributed by atoms with Gasteiger partial charge in [-0.25, -0.2) is 4.98 Å². The molecular weight excluding hydrogens is 146 g/mol. The van der Waals surface area contributed by atoms with Crippen LogP contribution in [0.1, 0.15) is 19.0 Å². The standard InChI is InChI=1S/C7H11NOS/c1-3-4-10-7-8-6(2)5-9-7/h5H,3-4H2,1-2H3. The SMILES string of the molecule is CCCSc1nc(C)co1. The topological polar surface area (TPSA) is 26.0 Å². The third-order valence-electron chi connectivity index (χ3n) is 1.03. The maximum atomic E-state index is 5.12. The number of thioether (sulfide) groups is 1. The van der Waals surface area contributed by atoms with Crippen molar-refractivity contribution in [1.82, 2.24) is 4.98 Å². The van der Waals surface area contributed by atoms with Gasteiger partial charge in [-0.1, -0.05) is 18.7 Å². The van der Waals surface area contributed by atoms with Crippen LogP contribution in [0.2, 0.25) is 0 Å². The average Bonchev–Trinajstić information content (AvgIpc) is 2.31. The molecule has 0 aliphatic rings. The fourth-order valence-electron chi connectivity index (χ4n) is 0.588. The van der Waals surface area contributed by atoms with Crippen LogP contribution in [0.3, 0.4) is 0 Å². The Morgan fingerprint density at radius 1 is 1.70 bits per heavy atom. The van der Waals surface area contributed by atoms with Gasteiger partial charge in [0.2, 0.25) is 0 Å². The van der Waals surface area contributed by atoms with Crippen molar-refractivity contribution in [2.75, 3.05) is 5.75 Å². The molecule has 0 unspecified atom stereocenters. The van der Waals surface area contributed by atoms with Gasteiger partial charge in [-0.15, -0.1) is 0 Å². The highest BCUT2D eigenvalue weighted by molar-refractivity contribution is 7.99. The molecule has 0 saturated carbocycles. The Morgan fingerprint density at radius 3 is 3.00 bits per heavy atom. The van der Waals surface area contributed by atoms with E-state index in [-0.39, 0.29) is 0 Å². The van der Waals surface area contributed by atoms with Gasteiger partial charge in [0.25, 0.3) is 5.22 Å². The van der Waals surface area contributed by atoms with Gasteiger partial charge in [0.1, 0.15) is 6.26 Å². The Labute approximate surface area is 65.0 Å². The summed E-state index contributed by atoms with van der Waals surface area (Å²) in [4.78, 5) is 4.14. The molecule has 0 aromatic carbocycles. The summed E-state index contributed by atoms with van der Waals surface area (Å²) < 4.78 is 5.12. The van der Waals surface area contributed by atoms with Crippen LogP contribution in [0.4, 0.5) is 0 Å². The second-order valence-corrected chi connectivity index (χ2v) is 3.15. The third kappa shape index (κ3) is 2.06. The average molecular weight is 157 g/mol. The molecule has 0 spiro atoms. The number of rotatable bonds is 3. The molecule has 0 saturated heterocycles. The van der Waals surface area contributed by atoms with E-state index in [4.69, 9.17) is 4.42 Å². The summed E-state index contributed by atoms with van der Waals surface area (Å²) in [5.41, 5.74) is 0.957. The molecule has 3 heteroatoms. The van der Waals surface area contributed by atoms with Crippen LogP contribution in [-0.4, -0.2) is 10.7 Å². The van der Waals surface area contributed by atoms with Crippen molar-refractivity contribution in [1.29, 1.82) is 0 Å². The molecule has 10 heavy (non-hydrogen) atoms. The molecule has 0 bridgehead atoms. The van der Waals surface area contributed by atoms with Crippen LogP contribution < -0.4 is 0 Å². The van der Waals surface area contributed by atoms with E-state index in [2.05, 4.69) is 11.9 Å². The van der Waals surface area contributed by atoms with E-state index in [1.807, 2.05) is 6.92 Å². The molecule has 1 aromatic heterocycles. The number of aryl methyl sites for hydroxylation is 1. The van der Waals surface area contributed by atoms with Crippen LogP contribution in [0.15, 0.2) is 15.9 Å². The molecule has 1 heterocycles. The molecule has 2 nitrogen and oxygen atoms in total. The molecule has 0 N–H and O–H groups in total. The molecule has 56 valence electrons. The lowest BCUT2D eigenvalue weighted by molar-refractivity contribution is 0.454. The third-order valence-corrected chi connectivity index (χ3v) is 2.07. The monoisotopic (exact) mass is 157 g/mol. The molecule has 0 aliphatic heterocycles. The lowest BCUT2D eigenvalue weighted by Gasteiger charge is -1.88. The molecule has 1 aromatic rings. The zero-order chi connectivity index (χ0) is 7.40. The first-order chi connectivity index (χ1) is 4.83. The summed E-state index contributed by atoms with van der Waals surface area (Å²) in [6.07, 6.45) is 2.84. The summed E-state index contributed by atoms with van der Waals surface area (Å²) in [6, 6.07) is 0. The Bertz CT molecular complexity index is 197. The molecule has 0 fully saturated rings. The lowest BCUT2D eigenvalue weighted by atomic mass is 10.6. The minimum atomic E-state index is 0.791. The van der Waals surface area contributed by atoms with Crippen LogP contribution in [0.25, 0.3) is 0 Å². The van der Waals surface area contributed by atoms with E-state index in [0.717, 1.165) is 23.1 Å². The van der Waals surface area contributed by atoms with Crippen LogP contribution >= 0.6 is 11.8 Å². The van der Waals surface area contributed by atoms with Gasteiger partial charge in [0.05, 0.1) is 5.69 Å². The van der Waals surface area contributed by atoms with Gasteiger partial charge in [-0.2, -0.15) is 0 Å². The molecule has 0 atom stereocenters. The van der Waals surface area contributed by atoms with E-state index in [9.17, 15) is 0 Å². The van der Waals surface area contributed by atoms with Gasteiger partial charge in [0.15, 0.2) is 0 Å². The van der Waals surface area contributed by atoms with E-state index in [1.54, 1.807) is 18.0 Å². The maximum absolute atomic E-state index is 5.12. The predicted molar refractivity (Wildman–Crippen MR) is 42.3 cm³/mol. The summed E-state index contributed by atoms with van der Waals surface area (Å²) in [5, 5.41) is 0.791. The molecule has 0 aliphatic carbocycles. The summed E-state index contributed by atoms with van der Waals surface area (Å²) >= 11 is 1.66. The first-order valence-corrected chi connectivity index (χ1v) is 4.36. The molecule has 0 radical (unpaired) electrons. The normalized spacial score (nSPS) is 10.2. The number of hydrogen-bond acceptors (Lipinski definition) is 3. The molecular formula is C7H11NOS. The fourth-order valence-corrected chi connectivity index (χ4v) is 1.29. The van der Waals surface area contributed by atoms with Crippen molar-refractivity contribution in [3.63, 3.8) is 0 Å². The quantitative estimate of drug-likeness (QED) is 0.630. The lowest BCUT2D eigenvalue weighted by Crippen LogP contribution is -1.75. The summed E-state index contributed by atoms with van der Waals surface area (Å²) in [6.45, 7) is 4.07. The van der Waals surface area contributed by atoms with E-state index < -0.39 is 0 Å². The van der Waals surface area contributed by atoms with Crippen LogP contribution in [-0.2, 0) is 0 Å². The highest BCUT2D eigenvalue weighted by Crippen LogP contribution is 2.16. The van der Waals surface area contributed by atoms with Crippen molar-refractivity contribution in [3.8, 4) is 0 Å². The van der Waals surface area contributed by atoms with Crippen LogP contribution in [0.5, 0.6) is 0 Å². The zero-order valence-corrected chi connectivity index (χ0v) is 7.07. The Kier molecular flexibility index (Phi) is 2.81. The van der Waals surface area contributed by atoms with Crippen molar-refractivity contribution in [2.45, 2.75) is 25.5 Å². The van der Waals surface area contributed by atoms with E-state index >= 15 is 0 Å². The summed E-state index contributed by atoms with van der Waals surface area (Å²) in [7, 11) is 0. The number of hydrogen-bond donors (Lipinski definition) is 0. The Morgan fingerprint density at radius 2 is 2.50 bits per heavy atom. The largest absolute Gasteiger partial charge is 0.440 e. The van der Waals surface area contributed by atoms with Crippen molar-refractivity contribution in [3.05, 3.63) is 12.0 Å². The van der Waals surface area contributed by atoms with Gasteiger partial charge in [-0.05, 0) is 13.3 Å². The predicted octanol–water partition coefficient (Wildman–Crippen LogP) is 2.49. The van der Waals surface area contributed by atoms with Gasteiger partial charge in [0, 0.05) is 5.75 Å². The van der Waals surface area contributed by atoms with Crippen LogP contribution in [0, 0.1) is 6.92 Å². The molecule has 1 rings (SSSR count).